The number of hydrogen-bond acceptors (Lipinski definition) is 2. The van der Waals surface area contributed by atoms with Crippen LogP contribution in [0.15, 0.2) is 40.2 Å². The van der Waals surface area contributed by atoms with E-state index >= 15 is 0 Å². The molecule has 3 heteroatoms. The van der Waals surface area contributed by atoms with E-state index in [0.717, 1.165) is 25.9 Å². The van der Waals surface area contributed by atoms with Crippen LogP contribution in [0.25, 0.3) is 0 Å². The van der Waals surface area contributed by atoms with Crippen molar-refractivity contribution in [1.29, 1.82) is 0 Å². The Bertz CT molecular complexity index is 535. The van der Waals surface area contributed by atoms with E-state index in [1.54, 1.807) is 0 Å². The van der Waals surface area contributed by atoms with E-state index in [4.69, 9.17) is 0 Å². The van der Waals surface area contributed by atoms with Gasteiger partial charge in [0.1, 0.15) is 0 Å². The van der Waals surface area contributed by atoms with Gasteiger partial charge < -0.3 is 5.32 Å². The Morgan fingerprint density at radius 3 is 2.60 bits per heavy atom. The molecular weight excluding hydrogens is 330 g/mol. The van der Waals surface area contributed by atoms with Crippen LogP contribution in [-0.4, -0.2) is 13.1 Å². The van der Waals surface area contributed by atoms with Crippen LogP contribution in [0.4, 0.5) is 0 Å². The molecule has 0 amide bonds. The first-order chi connectivity index (χ1) is 9.69. The summed E-state index contributed by atoms with van der Waals surface area (Å²) in [6, 6.07) is 13.1. The molecule has 0 radical (unpaired) electrons. The summed E-state index contributed by atoms with van der Waals surface area (Å²) >= 11 is 5.41. The fraction of sp³-hybridized carbons (Fsp3) is 0.412. The van der Waals surface area contributed by atoms with Crippen molar-refractivity contribution in [2.45, 2.75) is 26.7 Å². The van der Waals surface area contributed by atoms with Crippen molar-refractivity contribution in [2.24, 2.45) is 5.92 Å². The van der Waals surface area contributed by atoms with Gasteiger partial charge in [-0.2, -0.15) is 0 Å². The third-order valence-corrected chi connectivity index (χ3v) is 5.22. The van der Waals surface area contributed by atoms with Gasteiger partial charge in [-0.25, -0.2) is 0 Å². The van der Waals surface area contributed by atoms with Gasteiger partial charge in [0.25, 0.3) is 0 Å². The number of aryl methyl sites for hydroxylation is 1. The highest BCUT2D eigenvalue weighted by Gasteiger charge is 2.13. The summed E-state index contributed by atoms with van der Waals surface area (Å²) in [6.07, 6.45) is 2.30. The number of nitrogens with one attached hydrogen (secondary N) is 1. The quantitative estimate of drug-likeness (QED) is 0.753. The maximum absolute atomic E-state index is 3.56. The maximum atomic E-state index is 3.56. The Morgan fingerprint density at radius 1 is 1.15 bits per heavy atom. The number of halogens is 1. The topological polar surface area (TPSA) is 12.0 Å². The lowest BCUT2D eigenvalue weighted by Gasteiger charge is -2.18. The molecule has 1 aromatic carbocycles. The van der Waals surface area contributed by atoms with Crippen LogP contribution in [0.1, 0.15) is 22.9 Å². The standard InChI is InChI=1S/C17H22BrNS/c1-3-19-12-14(11-16-8-9-17(18)20-16)10-15-7-5-4-6-13(15)2/h4-9,14,19H,3,10-12H2,1-2H3. The lowest BCUT2D eigenvalue weighted by molar-refractivity contribution is 0.480. The summed E-state index contributed by atoms with van der Waals surface area (Å²) in [7, 11) is 0. The molecule has 1 aromatic heterocycles. The van der Waals surface area contributed by atoms with Gasteiger partial charge in [-0.05, 0) is 78.0 Å². The van der Waals surface area contributed by atoms with Crippen LogP contribution in [0.3, 0.4) is 0 Å². The predicted octanol–water partition coefficient (Wildman–Crippen LogP) is 4.83. The van der Waals surface area contributed by atoms with Crippen LogP contribution in [-0.2, 0) is 12.8 Å². The van der Waals surface area contributed by atoms with Gasteiger partial charge >= 0.3 is 0 Å². The molecule has 1 nitrogen and oxygen atoms in total. The number of hydrogen-bond donors (Lipinski definition) is 1. The lowest BCUT2D eigenvalue weighted by atomic mass is 9.93. The van der Waals surface area contributed by atoms with Crippen molar-refractivity contribution in [1.82, 2.24) is 5.32 Å². The van der Waals surface area contributed by atoms with E-state index in [1.807, 2.05) is 11.3 Å². The van der Waals surface area contributed by atoms with E-state index < -0.39 is 0 Å². The molecule has 0 saturated carbocycles. The molecule has 2 rings (SSSR count). The zero-order valence-corrected chi connectivity index (χ0v) is 14.6. The van der Waals surface area contributed by atoms with E-state index in [1.165, 1.54) is 19.8 Å². The van der Waals surface area contributed by atoms with Gasteiger partial charge in [-0.15, -0.1) is 11.3 Å². The molecule has 108 valence electrons. The van der Waals surface area contributed by atoms with Crippen LogP contribution < -0.4 is 5.32 Å². The van der Waals surface area contributed by atoms with Gasteiger partial charge in [-0.3, -0.25) is 0 Å². The van der Waals surface area contributed by atoms with E-state index in [-0.39, 0.29) is 0 Å². The first-order valence-corrected chi connectivity index (χ1v) is 8.79. The minimum atomic E-state index is 0.654. The third kappa shape index (κ3) is 4.72. The minimum absolute atomic E-state index is 0.654. The summed E-state index contributed by atoms with van der Waals surface area (Å²) in [4.78, 5) is 1.47. The van der Waals surface area contributed by atoms with Crippen molar-refractivity contribution >= 4 is 27.3 Å². The Labute approximate surface area is 134 Å². The Balaban J connectivity index is 2.05. The molecule has 1 N–H and O–H groups in total. The van der Waals surface area contributed by atoms with Crippen molar-refractivity contribution in [2.75, 3.05) is 13.1 Å². The molecule has 0 aliphatic heterocycles. The molecule has 0 spiro atoms. The van der Waals surface area contributed by atoms with Crippen LogP contribution >= 0.6 is 27.3 Å². The Kier molecular flexibility index (Phi) is 6.27. The second-order valence-electron chi connectivity index (χ2n) is 5.21. The third-order valence-electron chi connectivity index (χ3n) is 3.57. The van der Waals surface area contributed by atoms with Gasteiger partial charge in [0.2, 0.25) is 0 Å². The number of rotatable bonds is 7. The monoisotopic (exact) mass is 351 g/mol. The first kappa shape index (κ1) is 15.7. The molecule has 0 fully saturated rings. The smallest absolute Gasteiger partial charge is 0.0701 e. The number of thiophene rings is 1. The largest absolute Gasteiger partial charge is 0.317 e. The first-order valence-electron chi connectivity index (χ1n) is 7.18. The Morgan fingerprint density at radius 2 is 1.95 bits per heavy atom. The molecule has 0 bridgehead atoms. The molecule has 2 aromatic rings. The summed E-state index contributed by atoms with van der Waals surface area (Å²) < 4.78 is 1.23. The molecule has 20 heavy (non-hydrogen) atoms. The zero-order chi connectivity index (χ0) is 14.4. The van der Waals surface area contributed by atoms with E-state index in [0.29, 0.717) is 5.92 Å². The van der Waals surface area contributed by atoms with Crippen molar-refractivity contribution in [3.63, 3.8) is 0 Å². The molecule has 0 aliphatic rings. The number of benzene rings is 1. The average molecular weight is 352 g/mol. The summed E-state index contributed by atoms with van der Waals surface area (Å²) in [5.74, 6) is 0.654. The second kappa shape index (κ2) is 7.96. The van der Waals surface area contributed by atoms with E-state index in [2.05, 4.69) is 71.5 Å². The Hall–Kier alpha value is -0.640. The van der Waals surface area contributed by atoms with Gasteiger partial charge in [-0.1, -0.05) is 31.2 Å². The lowest BCUT2D eigenvalue weighted by Crippen LogP contribution is -2.25. The van der Waals surface area contributed by atoms with Crippen molar-refractivity contribution in [3.8, 4) is 0 Å². The van der Waals surface area contributed by atoms with Crippen LogP contribution in [0.2, 0.25) is 0 Å². The van der Waals surface area contributed by atoms with Gasteiger partial charge in [0.15, 0.2) is 0 Å². The van der Waals surface area contributed by atoms with Crippen molar-refractivity contribution < 1.29 is 0 Å². The van der Waals surface area contributed by atoms with Gasteiger partial charge in [0.05, 0.1) is 3.79 Å². The molecule has 0 aliphatic carbocycles. The van der Waals surface area contributed by atoms with Crippen molar-refractivity contribution in [3.05, 3.63) is 56.2 Å². The molecule has 1 atom stereocenters. The van der Waals surface area contributed by atoms with Crippen LogP contribution in [0, 0.1) is 12.8 Å². The summed E-state index contributed by atoms with van der Waals surface area (Å²) in [6.45, 7) is 6.51. The fourth-order valence-electron chi connectivity index (χ4n) is 2.46. The highest BCUT2D eigenvalue weighted by Crippen LogP contribution is 2.25. The molecular formula is C17H22BrNS. The summed E-state index contributed by atoms with van der Waals surface area (Å²) in [5, 5.41) is 3.51. The SMILES string of the molecule is CCNCC(Cc1ccc(Br)s1)Cc1ccccc1C. The molecule has 1 heterocycles. The zero-order valence-electron chi connectivity index (χ0n) is 12.2. The summed E-state index contributed by atoms with van der Waals surface area (Å²) in [5.41, 5.74) is 2.88. The highest BCUT2D eigenvalue weighted by atomic mass is 79.9. The van der Waals surface area contributed by atoms with Crippen LogP contribution in [0.5, 0.6) is 0 Å². The molecule has 1 unspecified atom stereocenters. The molecule has 0 saturated heterocycles. The predicted molar refractivity (Wildman–Crippen MR) is 92.6 cm³/mol. The fourth-order valence-corrected chi connectivity index (χ4v) is 4.06. The highest BCUT2D eigenvalue weighted by molar-refractivity contribution is 9.11. The second-order valence-corrected chi connectivity index (χ2v) is 7.76. The maximum Gasteiger partial charge on any atom is 0.0701 e. The minimum Gasteiger partial charge on any atom is -0.317 e. The normalized spacial score (nSPS) is 12.6. The van der Waals surface area contributed by atoms with Gasteiger partial charge in [0, 0.05) is 4.88 Å². The van der Waals surface area contributed by atoms with E-state index in [9.17, 15) is 0 Å². The average Bonchev–Trinajstić information content (AvgIpc) is 2.84.